The lowest BCUT2D eigenvalue weighted by atomic mass is 9.78. The third-order valence-corrected chi connectivity index (χ3v) is 7.25. The molecule has 5 rings (SSSR count). The highest BCUT2D eigenvalue weighted by Crippen LogP contribution is 2.49. The number of methoxy groups -OCH3 is 1. The van der Waals surface area contributed by atoms with Gasteiger partial charge < -0.3 is 14.6 Å². The van der Waals surface area contributed by atoms with Gasteiger partial charge in [0.15, 0.2) is 0 Å². The van der Waals surface area contributed by atoms with E-state index in [4.69, 9.17) is 9.47 Å². The molecule has 172 valence electrons. The minimum Gasteiger partial charge on any atom is -0.497 e. The van der Waals surface area contributed by atoms with E-state index in [0.717, 1.165) is 46.7 Å². The van der Waals surface area contributed by atoms with Crippen molar-refractivity contribution in [3.05, 3.63) is 95.1 Å². The van der Waals surface area contributed by atoms with Crippen molar-refractivity contribution in [3.63, 3.8) is 0 Å². The Bertz CT molecular complexity index is 1060. The normalized spacial score (nSPS) is 22.3. The second kappa shape index (κ2) is 9.58. The van der Waals surface area contributed by atoms with E-state index in [0.29, 0.717) is 13.0 Å². The summed E-state index contributed by atoms with van der Waals surface area (Å²) in [5.41, 5.74) is 3.46. The molecule has 0 saturated carbocycles. The van der Waals surface area contributed by atoms with Crippen LogP contribution in [0.5, 0.6) is 11.5 Å². The number of rotatable bonds is 8. The first-order valence-corrected chi connectivity index (χ1v) is 12.0. The fraction of sp³-hybridized carbons (Fsp3) is 0.379. The van der Waals surface area contributed by atoms with Gasteiger partial charge in [0.05, 0.1) is 7.11 Å². The van der Waals surface area contributed by atoms with Gasteiger partial charge in [-0.05, 0) is 78.9 Å². The molecule has 1 aliphatic carbocycles. The summed E-state index contributed by atoms with van der Waals surface area (Å²) in [7, 11) is 1.69. The quantitative estimate of drug-likeness (QED) is 0.536. The number of aliphatic hydroxyl groups is 1. The molecule has 4 nitrogen and oxygen atoms in total. The molecular formula is C29H33NO3. The highest BCUT2D eigenvalue weighted by atomic mass is 16.5. The fourth-order valence-electron chi connectivity index (χ4n) is 5.48. The molecule has 1 N–H and O–H groups in total. The van der Waals surface area contributed by atoms with Gasteiger partial charge >= 0.3 is 0 Å². The first-order chi connectivity index (χ1) is 16.2. The van der Waals surface area contributed by atoms with Gasteiger partial charge in [-0.1, -0.05) is 48.5 Å². The smallest absolute Gasteiger partial charge is 0.119 e. The van der Waals surface area contributed by atoms with E-state index in [9.17, 15) is 5.11 Å². The van der Waals surface area contributed by atoms with Crippen molar-refractivity contribution in [2.24, 2.45) is 0 Å². The Morgan fingerprint density at radius 1 is 0.939 bits per heavy atom. The first kappa shape index (κ1) is 22.0. The summed E-state index contributed by atoms with van der Waals surface area (Å²) in [5.74, 6) is 1.72. The zero-order chi connectivity index (χ0) is 22.7. The summed E-state index contributed by atoms with van der Waals surface area (Å²) in [5, 5.41) is 12.1. The zero-order valence-corrected chi connectivity index (χ0v) is 19.4. The first-order valence-electron chi connectivity index (χ1n) is 12.0. The molecule has 0 amide bonds. The molecule has 33 heavy (non-hydrogen) atoms. The van der Waals surface area contributed by atoms with Gasteiger partial charge in [-0.25, -0.2) is 0 Å². The molecule has 1 heterocycles. The molecule has 0 bridgehead atoms. The minimum atomic E-state index is -0.971. The topological polar surface area (TPSA) is 41.9 Å². The van der Waals surface area contributed by atoms with E-state index in [1.165, 1.54) is 25.9 Å². The number of fused-ring (bicyclic) bond motifs is 1. The lowest BCUT2D eigenvalue weighted by molar-refractivity contribution is 0.0189. The molecule has 2 unspecified atom stereocenters. The summed E-state index contributed by atoms with van der Waals surface area (Å²) in [6.07, 6.45) is 3.96. The lowest BCUT2D eigenvalue weighted by Gasteiger charge is -2.32. The molecule has 1 aliphatic heterocycles. The third-order valence-electron chi connectivity index (χ3n) is 7.25. The summed E-state index contributed by atoms with van der Waals surface area (Å²) >= 11 is 0. The van der Waals surface area contributed by atoms with E-state index in [2.05, 4.69) is 35.2 Å². The molecule has 0 radical (unpaired) electrons. The average molecular weight is 444 g/mol. The third kappa shape index (κ3) is 4.64. The summed E-state index contributed by atoms with van der Waals surface area (Å²) in [4.78, 5) is 2.46. The predicted molar refractivity (Wildman–Crippen MR) is 131 cm³/mol. The van der Waals surface area contributed by atoms with Crippen molar-refractivity contribution in [1.29, 1.82) is 0 Å². The van der Waals surface area contributed by atoms with Crippen LogP contribution in [-0.4, -0.2) is 43.4 Å². The van der Waals surface area contributed by atoms with Gasteiger partial charge in [0.25, 0.3) is 0 Å². The van der Waals surface area contributed by atoms with E-state index < -0.39 is 5.60 Å². The maximum Gasteiger partial charge on any atom is 0.119 e. The number of nitrogens with zero attached hydrogens (tertiary/aromatic N) is 1. The van der Waals surface area contributed by atoms with Crippen LogP contribution >= 0.6 is 0 Å². The lowest BCUT2D eigenvalue weighted by Crippen LogP contribution is -2.32. The maximum atomic E-state index is 12.1. The van der Waals surface area contributed by atoms with Gasteiger partial charge in [-0.3, -0.25) is 4.90 Å². The average Bonchev–Trinajstić information content (AvgIpc) is 3.47. The molecule has 2 atom stereocenters. The Morgan fingerprint density at radius 2 is 1.67 bits per heavy atom. The number of benzene rings is 3. The maximum absolute atomic E-state index is 12.1. The number of hydrogen-bond donors (Lipinski definition) is 1. The van der Waals surface area contributed by atoms with Crippen LogP contribution in [0.3, 0.4) is 0 Å². The summed E-state index contributed by atoms with van der Waals surface area (Å²) < 4.78 is 11.4. The molecule has 0 aromatic heterocycles. The summed E-state index contributed by atoms with van der Waals surface area (Å²) in [6.45, 7) is 4.09. The molecule has 1 saturated heterocycles. The highest BCUT2D eigenvalue weighted by molar-refractivity contribution is 5.48. The van der Waals surface area contributed by atoms with E-state index in [-0.39, 0.29) is 5.92 Å². The predicted octanol–water partition coefficient (Wildman–Crippen LogP) is 4.94. The molecular weight excluding hydrogens is 410 g/mol. The van der Waals surface area contributed by atoms with Crippen molar-refractivity contribution in [1.82, 2.24) is 4.90 Å². The van der Waals surface area contributed by atoms with Crippen molar-refractivity contribution in [2.45, 2.75) is 37.2 Å². The van der Waals surface area contributed by atoms with Gasteiger partial charge in [-0.15, -0.1) is 0 Å². The van der Waals surface area contributed by atoms with Crippen LogP contribution in [0.4, 0.5) is 0 Å². The van der Waals surface area contributed by atoms with E-state index >= 15 is 0 Å². The van der Waals surface area contributed by atoms with Crippen LogP contribution in [0.15, 0.2) is 72.8 Å². The van der Waals surface area contributed by atoms with Crippen LogP contribution in [0.2, 0.25) is 0 Å². The molecule has 3 aromatic carbocycles. The van der Waals surface area contributed by atoms with Crippen molar-refractivity contribution >= 4 is 0 Å². The minimum absolute atomic E-state index is 0.00260. The van der Waals surface area contributed by atoms with Crippen molar-refractivity contribution in [2.75, 3.05) is 33.4 Å². The Hall–Kier alpha value is -2.82. The largest absolute Gasteiger partial charge is 0.497 e. The Morgan fingerprint density at radius 3 is 2.39 bits per heavy atom. The fourth-order valence-corrected chi connectivity index (χ4v) is 5.48. The number of likely N-dealkylation sites (tertiary alicyclic amines) is 1. The molecule has 0 spiro atoms. The standard InChI is InChI=1S/C29H33NO3/c1-32-26-13-14-27-24(19-26)20-28(23-7-3-2-4-8-23)29(27,31)21-22-9-11-25(12-10-22)33-18-17-30-15-5-6-16-30/h2-4,7-14,19,28,31H,5-6,15-18,20-21H2,1H3. The van der Waals surface area contributed by atoms with Gasteiger partial charge in [0.1, 0.15) is 23.7 Å². The van der Waals surface area contributed by atoms with Crippen LogP contribution in [0.25, 0.3) is 0 Å². The molecule has 2 aliphatic rings. The van der Waals surface area contributed by atoms with Crippen LogP contribution in [0, 0.1) is 0 Å². The Labute approximate surface area is 196 Å². The molecule has 1 fully saturated rings. The number of hydrogen-bond acceptors (Lipinski definition) is 4. The molecule has 4 heteroatoms. The van der Waals surface area contributed by atoms with E-state index in [1.54, 1.807) is 7.11 Å². The second-order valence-electron chi connectivity index (χ2n) is 9.33. The second-order valence-corrected chi connectivity index (χ2v) is 9.33. The highest BCUT2D eigenvalue weighted by Gasteiger charge is 2.46. The van der Waals surface area contributed by atoms with Gasteiger partial charge in [0, 0.05) is 18.9 Å². The van der Waals surface area contributed by atoms with Gasteiger partial charge in [-0.2, -0.15) is 0 Å². The number of ether oxygens (including phenoxy) is 2. The van der Waals surface area contributed by atoms with Crippen molar-refractivity contribution in [3.8, 4) is 11.5 Å². The Kier molecular flexibility index (Phi) is 6.39. The zero-order valence-electron chi connectivity index (χ0n) is 19.4. The van der Waals surface area contributed by atoms with Gasteiger partial charge in [0.2, 0.25) is 0 Å². The van der Waals surface area contributed by atoms with Crippen molar-refractivity contribution < 1.29 is 14.6 Å². The van der Waals surface area contributed by atoms with Crippen LogP contribution in [-0.2, 0) is 18.4 Å². The monoisotopic (exact) mass is 443 g/mol. The summed E-state index contributed by atoms with van der Waals surface area (Å²) in [6, 6.07) is 24.7. The Balaban J connectivity index is 1.34. The van der Waals surface area contributed by atoms with E-state index in [1.807, 2.05) is 42.5 Å². The molecule has 3 aromatic rings. The van der Waals surface area contributed by atoms with Crippen LogP contribution in [0.1, 0.15) is 41.0 Å². The van der Waals surface area contributed by atoms with Crippen LogP contribution < -0.4 is 9.47 Å². The SMILES string of the molecule is COc1ccc2c(c1)CC(c1ccccc1)C2(O)Cc1ccc(OCCN2CCCC2)cc1.